The van der Waals surface area contributed by atoms with Crippen LogP contribution in [0.15, 0.2) is 36.9 Å². The van der Waals surface area contributed by atoms with Gasteiger partial charge in [-0.3, -0.25) is 9.78 Å². The van der Waals surface area contributed by atoms with Crippen LogP contribution in [0.4, 0.5) is 0 Å². The lowest BCUT2D eigenvalue weighted by Crippen LogP contribution is -2.32. The Morgan fingerprint density at radius 3 is 2.64 bits per heavy atom. The average Bonchev–Trinajstić information content (AvgIpc) is 3.01. The van der Waals surface area contributed by atoms with Gasteiger partial charge < -0.3 is 9.88 Å². The summed E-state index contributed by atoms with van der Waals surface area (Å²) in [4.78, 5) is 20.6. The molecule has 0 aliphatic heterocycles. The zero-order valence-electron chi connectivity index (χ0n) is 13.5. The first-order valence-electron chi connectivity index (χ1n) is 7.79. The third-order valence-electron chi connectivity index (χ3n) is 3.70. The summed E-state index contributed by atoms with van der Waals surface area (Å²) in [5, 5.41) is 3.00. The standard InChI is InChI=1S/C17H24N4O/c1-13(2)16-19-11-12-21(16)14(3)17(22)20-8-4-5-15-6-9-18-10-7-15/h6-7,9-14H,4-5,8H2,1-3H3,(H,20,22)/t14-/m0/s1. The summed E-state index contributed by atoms with van der Waals surface area (Å²) < 4.78 is 1.95. The van der Waals surface area contributed by atoms with Crippen molar-refractivity contribution in [3.05, 3.63) is 48.3 Å². The summed E-state index contributed by atoms with van der Waals surface area (Å²) in [6.45, 7) is 6.75. The molecule has 0 spiro atoms. The number of carbonyl (C=O) groups excluding carboxylic acids is 1. The van der Waals surface area contributed by atoms with Crippen molar-refractivity contribution in [1.29, 1.82) is 0 Å². The maximum atomic E-state index is 12.3. The van der Waals surface area contributed by atoms with Crippen LogP contribution in [0.2, 0.25) is 0 Å². The molecule has 118 valence electrons. The number of carbonyl (C=O) groups is 1. The number of nitrogens with one attached hydrogen (secondary N) is 1. The van der Waals surface area contributed by atoms with Crippen molar-refractivity contribution in [2.24, 2.45) is 0 Å². The molecule has 5 nitrogen and oxygen atoms in total. The first-order chi connectivity index (χ1) is 10.6. The Kier molecular flexibility index (Phi) is 5.69. The van der Waals surface area contributed by atoms with Crippen molar-refractivity contribution in [2.45, 2.75) is 45.6 Å². The molecule has 2 aromatic heterocycles. The lowest BCUT2D eigenvalue weighted by atomic mass is 10.1. The molecule has 0 saturated heterocycles. The van der Waals surface area contributed by atoms with Crippen LogP contribution in [0.1, 0.15) is 50.5 Å². The molecule has 0 saturated carbocycles. The summed E-state index contributed by atoms with van der Waals surface area (Å²) in [6.07, 6.45) is 9.08. The molecular weight excluding hydrogens is 276 g/mol. The van der Waals surface area contributed by atoms with E-state index >= 15 is 0 Å². The second kappa shape index (κ2) is 7.73. The molecular formula is C17H24N4O. The first-order valence-corrected chi connectivity index (χ1v) is 7.79. The van der Waals surface area contributed by atoms with E-state index in [1.165, 1.54) is 5.56 Å². The number of aromatic nitrogens is 3. The highest BCUT2D eigenvalue weighted by Crippen LogP contribution is 2.17. The highest BCUT2D eigenvalue weighted by Gasteiger charge is 2.18. The van der Waals surface area contributed by atoms with Crippen molar-refractivity contribution in [3.63, 3.8) is 0 Å². The molecule has 0 fully saturated rings. The molecule has 2 rings (SSSR count). The van der Waals surface area contributed by atoms with Gasteiger partial charge in [0.25, 0.3) is 0 Å². The van der Waals surface area contributed by atoms with E-state index in [4.69, 9.17) is 0 Å². The molecule has 0 unspecified atom stereocenters. The number of imidazole rings is 1. The number of hydrogen-bond acceptors (Lipinski definition) is 3. The summed E-state index contributed by atoms with van der Waals surface area (Å²) in [5.41, 5.74) is 1.24. The Labute approximate surface area is 131 Å². The van der Waals surface area contributed by atoms with Gasteiger partial charge in [-0.05, 0) is 37.5 Å². The van der Waals surface area contributed by atoms with E-state index in [2.05, 4.69) is 29.1 Å². The van der Waals surface area contributed by atoms with Crippen LogP contribution in [-0.2, 0) is 11.2 Å². The zero-order chi connectivity index (χ0) is 15.9. The topological polar surface area (TPSA) is 59.8 Å². The van der Waals surface area contributed by atoms with Crippen molar-refractivity contribution in [2.75, 3.05) is 6.54 Å². The van der Waals surface area contributed by atoms with Crippen LogP contribution in [-0.4, -0.2) is 27.0 Å². The van der Waals surface area contributed by atoms with Gasteiger partial charge in [-0.25, -0.2) is 4.98 Å². The molecule has 0 aliphatic rings. The SMILES string of the molecule is CC(C)c1nccn1[C@@H](C)C(=O)NCCCc1ccncc1. The Hall–Kier alpha value is -2.17. The van der Waals surface area contributed by atoms with E-state index in [0.29, 0.717) is 12.5 Å². The Morgan fingerprint density at radius 1 is 1.23 bits per heavy atom. The predicted molar refractivity (Wildman–Crippen MR) is 86.6 cm³/mol. The molecule has 5 heteroatoms. The lowest BCUT2D eigenvalue weighted by molar-refractivity contribution is -0.123. The summed E-state index contributed by atoms with van der Waals surface area (Å²) in [5.74, 6) is 1.28. The maximum absolute atomic E-state index is 12.3. The van der Waals surface area contributed by atoms with Gasteiger partial charge in [0.05, 0.1) is 0 Å². The number of nitrogens with zero attached hydrogens (tertiary/aromatic N) is 3. The minimum Gasteiger partial charge on any atom is -0.354 e. The second-order valence-corrected chi connectivity index (χ2v) is 5.77. The van der Waals surface area contributed by atoms with Crippen LogP contribution in [0.3, 0.4) is 0 Å². The first kappa shape index (κ1) is 16.2. The molecule has 2 aromatic rings. The third kappa shape index (κ3) is 4.16. The molecule has 1 N–H and O–H groups in total. The van der Waals surface area contributed by atoms with Crippen LogP contribution in [0, 0.1) is 0 Å². The normalized spacial score (nSPS) is 12.4. The molecule has 0 bridgehead atoms. The fourth-order valence-electron chi connectivity index (χ4n) is 2.43. The number of pyridine rings is 1. The van der Waals surface area contributed by atoms with E-state index in [0.717, 1.165) is 18.7 Å². The van der Waals surface area contributed by atoms with Crippen molar-refractivity contribution in [1.82, 2.24) is 19.9 Å². The van der Waals surface area contributed by atoms with Crippen LogP contribution in [0.25, 0.3) is 0 Å². The molecule has 0 aromatic carbocycles. The maximum Gasteiger partial charge on any atom is 0.242 e. The number of rotatable bonds is 7. The van der Waals surface area contributed by atoms with Gasteiger partial charge in [0, 0.05) is 37.3 Å². The lowest BCUT2D eigenvalue weighted by Gasteiger charge is -2.17. The average molecular weight is 300 g/mol. The van der Waals surface area contributed by atoms with Gasteiger partial charge in [-0.15, -0.1) is 0 Å². The second-order valence-electron chi connectivity index (χ2n) is 5.77. The van der Waals surface area contributed by atoms with E-state index < -0.39 is 0 Å². The Bertz CT molecular complexity index is 592. The fourth-order valence-corrected chi connectivity index (χ4v) is 2.43. The van der Waals surface area contributed by atoms with Gasteiger partial charge in [0.2, 0.25) is 5.91 Å². The quantitative estimate of drug-likeness (QED) is 0.800. The molecule has 1 amide bonds. The van der Waals surface area contributed by atoms with Gasteiger partial charge in [-0.1, -0.05) is 13.8 Å². The monoisotopic (exact) mass is 300 g/mol. The third-order valence-corrected chi connectivity index (χ3v) is 3.70. The minimum absolute atomic E-state index is 0.0367. The summed E-state index contributed by atoms with van der Waals surface area (Å²) >= 11 is 0. The molecule has 1 atom stereocenters. The van der Waals surface area contributed by atoms with Crippen LogP contribution < -0.4 is 5.32 Å². The van der Waals surface area contributed by atoms with Crippen LogP contribution in [0.5, 0.6) is 0 Å². The van der Waals surface area contributed by atoms with Gasteiger partial charge in [0.15, 0.2) is 0 Å². The van der Waals surface area contributed by atoms with E-state index in [1.807, 2.05) is 29.8 Å². The van der Waals surface area contributed by atoms with Gasteiger partial charge >= 0.3 is 0 Å². The van der Waals surface area contributed by atoms with Gasteiger partial charge in [0.1, 0.15) is 11.9 Å². The Balaban J connectivity index is 1.80. The zero-order valence-corrected chi connectivity index (χ0v) is 13.5. The van der Waals surface area contributed by atoms with E-state index in [1.54, 1.807) is 18.6 Å². The smallest absolute Gasteiger partial charge is 0.242 e. The fraction of sp³-hybridized carbons (Fsp3) is 0.471. The predicted octanol–water partition coefficient (Wildman–Crippen LogP) is 2.71. The number of aryl methyl sites for hydroxylation is 1. The molecule has 0 radical (unpaired) electrons. The number of amides is 1. The van der Waals surface area contributed by atoms with E-state index in [9.17, 15) is 4.79 Å². The molecule has 2 heterocycles. The summed E-state index contributed by atoms with van der Waals surface area (Å²) in [6, 6.07) is 3.77. The number of hydrogen-bond donors (Lipinski definition) is 1. The highest BCUT2D eigenvalue weighted by atomic mass is 16.2. The summed E-state index contributed by atoms with van der Waals surface area (Å²) in [7, 11) is 0. The molecule has 0 aliphatic carbocycles. The van der Waals surface area contributed by atoms with Crippen LogP contribution >= 0.6 is 0 Å². The van der Waals surface area contributed by atoms with Gasteiger partial charge in [-0.2, -0.15) is 0 Å². The van der Waals surface area contributed by atoms with Crippen molar-refractivity contribution < 1.29 is 4.79 Å². The van der Waals surface area contributed by atoms with Crippen molar-refractivity contribution >= 4 is 5.91 Å². The Morgan fingerprint density at radius 2 is 1.95 bits per heavy atom. The molecule has 22 heavy (non-hydrogen) atoms. The van der Waals surface area contributed by atoms with E-state index in [-0.39, 0.29) is 11.9 Å². The highest BCUT2D eigenvalue weighted by molar-refractivity contribution is 5.79. The van der Waals surface area contributed by atoms with Crippen molar-refractivity contribution in [3.8, 4) is 0 Å². The minimum atomic E-state index is -0.235. The largest absolute Gasteiger partial charge is 0.354 e.